The molecule has 0 aromatic carbocycles. The summed E-state index contributed by atoms with van der Waals surface area (Å²) >= 11 is 0. The fourth-order valence-electron chi connectivity index (χ4n) is 3.91. The van der Waals surface area contributed by atoms with Gasteiger partial charge in [-0.25, -0.2) is 4.79 Å². The number of amides is 3. The van der Waals surface area contributed by atoms with E-state index in [0.29, 0.717) is 12.5 Å². The second-order valence-corrected chi connectivity index (χ2v) is 6.83. The highest BCUT2D eigenvalue weighted by molar-refractivity contribution is 5.84. The molecule has 3 saturated heterocycles. The fraction of sp³-hybridized carbons (Fsp3) is 0.857. The molecule has 0 aromatic heterocycles. The van der Waals surface area contributed by atoms with E-state index in [1.54, 1.807) is 4.90 Å². The summed E-state index contributed by atoms with van der Waals surface area (Å²) < 4.78 is 0. The normalized spacial score (nSPS) is 34.3. The van der Waals surface area contributed by atoms with Crippen molar-refractivity contribution >= 4 is 11.9 Å². The van der Waals surface area contributed by atoms with Gasteiger partial charge in [0.15, 0.2) is 0 Å². The van der Waals surface area contributed by atoms with Crippen molar-refractivity contribution in [2.45, 2.75) is 13.3 Å². The molecule has 0 unspecified atom stereocenters. The minimum absolute atomic E-state index is 0.0975. The summed E-state index contributed by atoms with van der Waals surface area (Å²) in [6.07, 6.45) is 0.921. The smallest absolute Gasteiger partial charge is 0.317 e. The van der Waals surface area contributed by atoms with Gasteiger partial charge in [-0.3, -0.25) is 4.79 Å². The summed E-state index contributed by atoms with van der Waals surface area (Å²) in [5.41, 5.74) is 0.231. The fourth-order valence-corrected chi connectivity index (χ4v) is 3.91. The number of fused-ring (bicyclic) bond motifs is 1. The van der Waals surface area contributed by atoms with Gasteiger partial charge in [-0.15, -0.1) is 0 Å². The Morgan fingerprint density at radius 3 is 2.90 bits per heavy atom. The van der Waals surface area contributed by atoms with Gasteiger partial charge in [-0.05, 0) is 19.4 Å². The minimum atomic E-state index is -0.102. The maximum absolute atomic E-state index is 12.4. The van der Waals surface area contributed by atoms with Gasteiger partial charge in [0.05, 0.1) is 0 Å². The Bertz CT molecular complexity index is 427. The number of hydrogen-bond acceptors (Lipinski definition) is 3. The Labute approximate surface area is 120 Å². The van der Waals surface area contributed by atoms with Crippen LogP contribution >= 0.6 is 0 Å². The van der Waals surface area contributed by atoms with Crippen LogP contribution < -0.4 is 5.32 Å². The molecule has 1 N–H and O–H groups in total. The molecule has 0 bridgehead atoms. The van der Waals surface area contributed by atoms with E-state index in [0.717, 1.165) is 39.1 Å². The Kier molecular flexibility index (Phi) is 3.36. The zero-order valence-electron chi connectivity index (χ0n) is 12.4. The van der Waals surface area contributed by atoms with E-state index in [2.05, 4.69) is 24.2 Å². The molecule has 0 aliphatic carbocycles. The molecule has 2 atom stereocenters. The molecule has 3 rings (SSSR count). The summed E-state index contributed by atoms with van der Waals surface area (Å²) in [5, 5.41) is 2.79. The number of rotatable bonds is 2. The number of carbonyl (C=O) groups excluding carboxylic acids is 2. The first-order valence-electron chi connectivity index (χ1n) is 7.47. The highest BCUT2D eigenvalue weighted by Gasteiger charge is 2.49. The molecular weight excluding hydrogens is 256 g/mol. The van der Waals surface area contributed by atoms with Gasteiger partial charge < -0.3 is 20.0 Å². The van der Waals surface area contributed by atoms with Crippen molar-refractivity contribution < 1.29 is 9.59 Å². The molecule has 0 spiro atoms. The van der Waals surface area contributed by atoms with Gasteiger partial charge in [0.1, 0.15) is 6.54 Å². The van der Waals surface area contributed by atoms with Crippen molar-refractivity contribution in [2.24, 2.45) is 11.3 Å². The molecule has 3 amide bonds. The lowest BCUT2D eigenvalue weighted by molar-refractivity contribution is -0.131. The summed E-state index contributed by atoms with van der Waals surface area (Å²) in [6, 6.07) is -0.102. The monoisotopic (exact) mass is 280 g/mol. The molecule has 20 heavy (non-hydrogen) atoms. The number of carbonyl (C=O) groups is 2. The third-order valence-electron chi connectivity index (χ3n) is 4.99. The first-order valence-corrected chi connectivity index (χ1v) is 7.47. The van der Waals surface area contributed by atoms with Crippen LogP contribution in [-0.2, 0) is 4.79 Å². The highest BCUT2D eigenvalue weighted by atomic mass is 16.2. The van der Waals surface area contributed by atoms with Crippen LogP contribution in [0.3, 0.4) is 0 Å². The summed E-state index contributed by atoms with van der Waals surface area (Å²) in [6.45, 7) is 7.72. The highest BCUT2D eigenvalue weighted by Crippen LogP contribution is 2.41. The van der Waals surface area contributed by atoms with Crippen LogP contribution in [0.5, 0.6) is 0 Å². The average Bonchev–Trinajstić information content (AvgIpc) is 2.82. The van der Waals surface area contributed by atoms with E-state index in [9.17, 15) is 9.59 Å². The van der Waals surface area contributed by atoms with Gasteiger partial charge >= 0.3 is 6.03 Å². The number of urea groups is 1. The number of likely N-dealkylation sites (tertiary alicyclic amines) is 2. The summed E-state index contributed by atoms with van der Waals surface area (Å²) in [5.74, 6) is 0.673. The zero-order valence-corrected chi connectivity index (χ0v) is 12.4. The van der Waals surface area contributed by atoms with E-state index in [-0.39, 0.29) is 23.9 Å². The predicted molar refractivity (Wildman–Crippen MR) is 75.3 cm³/mol. The lowest BCUT2D eigenvalue weighted by Crippen LogP contribution is -2.50. The molecule has 6 nitrogen and oxygen atoms in total. The van der Waals surface area contributed by atoms with E-state index in [1.807, 2.05) is 4.90 Å². The second kappa shape index (κ2) is 4.91. The average molecular weight is 280 g/mol. The molecule has 3 aliphatic heterocycles. The lowest BCUT2D eigenvalue weighted by atomic mass is 9.83. The maximum Gasteiger partial charge on any atom is 0.317 e. The molecule has 0 aromatic rings. The van der Waals surface area contributed by atoms with Gasteiger partial charge in [0.25, 0.3) is 0 Å². The number of nitrogens with zero attached hydrogens (tertiary/aromatic N) is 3. The van der Waals surface area contributed by atoms with Crippen LogP contribution in [0, 0.1) is 11.3 Å². The molecule has 3 heterocycles. The van der Waals surface area contributed by atoms with Crippen LogP contribution in [0.4, 0.5) is 4.79 Å². The first-order chi connectivity index (χ1) is 9.48. The summed E-state index contributed by atoms with van der Waals surface area (Å²) in [7, 11) is 2.15. The van der Waals surface area contributed by atoms with Crippen molar-refractivity contribution in [3.05, 3.63) is 0 Å². The van der Waals surface area contributed by atoms with Crippen molar-refractivity contribution in [3.8, 4) is 0 Å². The van der Waals surface area contributed by atoms with Crippen LogP contribution in [0.2, 0.25) is 0 Å². The molecule has 3 aliphatic rings. The van der Waals surface area contributed by atoms with E-state index in [1.165, 1.54) is 0 Å². The second-order valence-electron chi connectivity index (χ2n) is 6.83. The summed E-state index contributed by atoms with van der Waals surface area (Å²) in [4.78, 5) is 30.0. The molecule has 0 radical (unpaired) electrons. The number of hydrogen-bond donors (Lipinski definition) is 1. The Morgan fingerprint density at radius 1 is 1.40 bits per heavy atom. The Hall–Kier alpha value is -1.30. The third-order valence-corrected chi connectivity index (χ3v) is 4.99. The SMILES string of the molecule is CN1C[C@@H]2CN(C(=O)CN3CCCNC3=O)C[C@]2(C)C1. The van der Waals surface area contributed by atoms with Crippen molar-refractivity contribution in [3.63, 3.8) is 0 Å². The zero-order chi connectivity index (χ0) is 14.3. The first kappa shape index (κ1) is 13.7. The maximum atomic E-state index is 12.4. The van der Waals surface area contributed by atoms with Crippen LogP contribution in [-0.4, -0.2) is 79.5 Å². The van der Waals surface area contributed by atoms with Crippen LogP contribution in [0.25, 0.3) is 0 Å². The topological polar surface area (TPSA) is 55.9 Å². The van der Waals surface area contributed by atoms with Crippen LogP contribution in [0.1, 0.15) is 13.3 Å². The van der Waals surface area contributed by atoms with Crippen molar-refractivity contribution in [2.75, 3.05) is 52.9 Å². The Balaban J connectivity index is 1.58. The Morgan fingerprint density at radius 2 is 2.20 bits per heavy atom. The van der Waals surface area contributed by atoms with Crippen molar-refractivity contribution in [1.29, 1.82) is 0 Å². The van der Waals surface area contributed by atoms with Gasteiger partial charge in [0, 0.05) is 44.7 Å². The van der Waals surface area contributed by atoms with E-state index in [4.69, 9.17) is 0 Å². The quantitative estimate of drug-likeness (QED) is 0.763. The third kappa shape index (κ3) is 2.37. The largest absolute Gasteiger partial charge is 0.340 e. The van der Waals surface area contributed by atoms with Gasteiger partial charge in [0.2, 0.25) is 5.91 Å². The van der Waals surface area contributed by atoms with Crippen LogP contribution in [0.15, 0.2) is 0 Å². The molecule has 0 saturated carbocycles. The molecular formula is C14H24N4O2. The number of nitrogens with one attached hydrogen (secondary N) is 1. The van der Waals surface area contributed by atoms with Gasteiger partial charge in [-0.2, -0.15) is 0 Å². The minimum Gasteiger partial charge on any atom is -0.340 e. The lowest BCUT2D eigenvalue weighted by Gasteiger charge is -2.29. The standard InChI is InChI=1S/C14H24N4O2/c1-14-9-16(2)6-11(14)7-18(10-14)12(19)8-17-5-3-4-15-13(17)20/h11H,3-10H2,1-2H3,(H,15,20)/t11-,14+/m1/s1. The van der Waals surface area contributed by atoms with E-state index >= 15 is 0 Å². The van der Waals surface area contributed by atoms with Crippen molar-refractivity contribution in [1.82, 2.24) is 20.0 Å². The molecule has 3 fully saturated rings. The van der Waals surface area contributed by atoms with E-state index < -0.39 is 0 Å². The molecule has 112 valence electrons. The van der Waals surface area contributed by atoms with Gasteiger partial charge in [-0.1, -0.05) is 6.92 Å². The molecule has 6 heteroatoms. The predicted octanol–water partition coefficient (Wildman–Crippen LogP) is -0.188.